The van der Waals surface area contributed by atoms with Crippen LogP contribution in [0.3, 0.4) is 0 Å². The zero-order chi connectivity index (χ0) is 15.2. The van der Waals surface area contributed by atoms with Crippen molar-refractivity contribution in [3.05, 3.63) is 35.9 Å². The quantitative estimate of drug-likeness (QED) is 0.835. The van der Waals surface area contributed by atoms with Gasteiger partial charge in [-0.15, -0.1) is 5.10 Å². The molecule has 0 aliphatic carbocycles. The zero-order valence-electron chi connectivity index (χ0n) is 12.5. The molecule has 2 aromatic heterocycles. The second-order valence-corrected chi connectivity index (χ2v) is 5.11. The number of hydrogen-bond acceptors (Lipinski definition) is 5. The van der Waals surface area contributed by atoms with E-state index in [0.29, 0.717) is 18.8 Å². The standard InChI is InChI=1S/C14H20N6O/c1-10(2)17-14(21)13-8-12(4-5-16-13)15-6-7-20-9-11(3)18-19-20/h4-5,8-10H,6-7H2,1-3H3,(H,15,16)(H,17,21). The number of nitrogens with zero attached hydrogens (tertiary/aromatic N) is 4. The summed E-state index contributed by atoms with van der Waals surface area (Å²) in [5, 5.41) is 14.0. The van der Waals surface area contributed by atoms with E-state index >= 15 is 0 Å². The number of carbonyl (C=O) groups is 1. The Labute approximate surface area is 123 Å². The van der Waals surface area contributed by atoms with Gasteiger partial charge in [0.25, 0.3) is 5.91 Å². The average molecular weight is 288 g/mol. The van der Waals surface area contributed by atoms with E-state index in [4.69, 9.17) is 0 Å². The highest BCUT2D eigenvalue weighted by atomic mass is 16.1. The fourth-order valence-corrected chi connectivity index (χ4v) is 1.82. The SMILES string of the molecule is Cc1cn(CCNc2ccnc(C(=O)NC(C)C)c2)nn1. The van der Waals surface area contributed by atoms with Gasteiger partial charge in [0, 0.05) is 30.7 Å². The Morgan fingerprint density at radius 3 is 2.90 bits per heavy atom. The topological polar surface area (TPSA) is 84.7 Å². The van der Waals surface area contributed by atoms with Crippen LogP contribution in [0.15, 0.2) is 24.5 Å². The molecule has 0 fully saturated rings. The number of amides is 1. The van der Waals surface area contributed by atoms with Crippen molar-refractivity contribution < 1.29 is 4.79 Å². The second-order valence-electron chi connectivity index (χ2n) is 5.11. The number of nitrogens with one attached hydrogen (secondary N) is 2. The Morgan fingerprint density at radius 2 is 2.24 bits per heavy atom. The number of carbonyl (C=O) groups excluding carboxylic acids is 1. The first-order chi connectivity index (χ1) is 10.0. The van der Waals surface area contributed by atoms with E-state index in [1.807, 2.05) is 33.0 Å². The predicted molar refractivity (Wildman–Crippen MR) is 80.1 cm³/mol. The van der Waals surface area contributed by atoms with E-state index in [-0.39, 0.29) is 11.9 Å². The molecule has 0 aliphatic heterocycles. The fourth-order valence-electron chi connectivity index (χ4n) is 1.82. The van der Waals surface area contributed by atoms with E-state index in [9.17, 15) is 4.79 Å². The summed E-state index contributed by atoms with van der Waals surface area (Å²) >= 11 is 0. The third kappa shape index (κ3) is 4.55. The van der Waals surface area contributed by atoms with Crippen LogP contribution in [0.2, 0.25) is 0 Å². The normalized spacial score (nSPS) is 10.7. The van der Waals surface area contributed by atoms with Crippen LogP contribution in [-0.2, 0) is 6.54 Å². The maximum atomic E-state index is 11.9. The Kier molecular flexibility index (Phi) is 4.86. The van der Waals surface area contributed by atoms with Gasteiger partial charge in [0.1, 0.15) is 5.69 Å². The lowest BCUT2D eigenvalue weighted by Gasteiger charge is -2.10. The Morgan fingerprint density at radius 1 is 1.43 bits per heavy atom. The summed E-state index contributed by atoms with van der Waals surface area (Å²) in [7, 11) is 0. The Hall–Kier alpha value is -2.44. The molecule has 1 amide bonds. The van der Waals surface area contributed by atoms with Crippen molar-refractivity contribution in [1.82, 2.24) is 25.3 Å². The van der Waals surface area contributed by atoms with Gasteiger partial charge in [0.15, 0.2) is 0 Å². The number of pyridine rings is 1. The Bertz CT molecular complexity index is 607. The molecule has 2 N–H and O–H groups in total. The van der Waals surface area contributed by atoms with Crippen molar-refractivity contribution in [2.75, 3.05) is 11.9 Å². The highest BCUT2D eigenvalue weighted by Gasteiger charge is 2.08. The molecule has 7 nitrogen and oxygen atoms in total. The van der Waals surface area contributed by atoms with Crippen LogP contribution in [0.1, 0.15) is 30.0 Å². The molecule has 2 aromatic rings. The molecular weight excluding hydrogens is 268 g/mol. The van der Waals surface area contributed by atoms with Gasteiger partial charge in [-0.1, -0.05) is 5.21 Å². The Balaban J connectivity index is 1.90. The lowest BCUT2D eigenvalue weighted by atomic mass is 10.3. The third-order valence-corrected chi connectivity index (χ3v) is 2.74. The maximum Gasteiger partial charge on any atom is 0.270 e. The van der Waals surface area contributed by atoms with Crippen molar-refractivity contribution in [2.24, 2.45) is 0 Å². The summed E-state index contributed by atoms with van der Waals surface area (Å²) in [5.41, 5.74) is 2.16. The van der Waals surface area contributed by atoms with Crippen molar-refractivity contribution in [2.45, 2.75) is 33.4 Å². The third-order valence-electron chi connectivity index (χ3n) is 2.74. The van der Waals surface area contributed by atoms with Crippen molar-refractivity contribution in [1.29, 1.82) is 0 Å². The second kappa shape index (κ2) is 6.83. The number of rotatable bonds is 6. The largest absolute Gasteiger partial charge is 0.383 e. The van der Waals surface area contributed by atoms with E-state index in [1.165, 1.54) is 0 Å². The fraction of sp³-hybridized carbons (Fsp3) is 0.429. The molecule has 2 rings (SSSR count). The minimum atomic E-state index is -0.166. The summed E-state index contributed by atoms with van der Waals surface area (Å²) in [6.07, 6.45) is 3.51. The van der Waals surface area contributed by atoms with Crippen LogP contribution < -0.4 is 10.6 Å². The van der Waals surface area contributed by atoms with Crippen molar-refractivity contribution in [3.8, 4) is 0 Å². The average Bonchev–Trinajstić information content (AvgIpc) is 2.84. The molecule has 0 atom stereocenters. The number of anilines is 1. The zero-order valence-corrected chi connectivity index (χ0v) is 12.5. The van der Waals surface area contributed by atoms with Gasteiger partial charge < -0.3 is 10.6 Å². The van der Waals surface area contributed by atoms with Crippen LogP contribution >= 0.6 is 0 Å². The molecule has 112 valence electrons. The smallest absolute Gasteiger partial charge is 0.270 e. The number of aromatic nitrogens is 4. The summed E-state index contributed by atoms with van der Waals surface area (Å²) in [6, 6.07) is 3.66. The van der Waals surface area contributed by atoms with E-state index in [2.05, 4.69) is 25.9 Å². The first-order valence-corrected chi connectivity index (χ1v) is 6.92. The van der Waals surface area contributed by atoms with Gasteiger partial charge >= 0.3 is 0 Å². The van der Waals surface area contributed by atoms with Crippen molar-refractivity contribution in [3.63, 3.8) is 0 Å². The van der Waals surface area contributed by atoms with Gasteiger partial charge in [-0.3, -0.25) is 14.5 Å². The molecule has 21 heavy (non-hydrogen) atoms. The summed E-state index contributed by atoms with van der Waals surface area (Å²) in [5.74, 6) is -0.166. The van der Waals surface area contributed by atoms with Crippen LogP contribution in [0.4, 0.5) is 5.69 Å². The lowest BCUT2D eigenvalue weighted by Crippen LogP contribution is -2.30. The minimum Gasteiger partial charge on any atom is -0.383 e. The molecule has 0 unspecified atom stereocenters. The highest BCUT2D eigenvalue weighted by molar-refractivity contribution is 5.93. The first kappa shape index (κ1) is 15.0. The highest BCUT2D eigenvalue weighted by Crippen LogP contribution is 2.08. The van der Waals surface area contributed by atoms with Crippen molar-refractivity contribution >= 4 is 11.6 Å². The summed E-state index contributed by atoms with van der Waals surface area (Å²) < 4.78 is 1.77. The van der Waals surface area contributed by atoms with Crippen LogP contribution in [-0.4, -0.2) is 38.5 Å². The van der Waals surface area contributed by atoms with Gasteiger partial charge in [-0.05, 0) is 32.9 Å². The molecule has 0 radical (unpaired) electrons. The summed E-state index contributed by atoms with van der Waals surface area (Å²) in [6.45, 7) is 7.13. The minimum absolute atomic E-state index is 0.0893. The molecule has 0 saturated heterocycles. The van der Waals surface area contributed by atoms with Gasteiger partial charge in [0.2, 0.25) is 0 Å². The molecule has 7 heteroatoms. The molecule has 0 aromatic carbocycles. The molecule has 0 bridgehead atoms. The van der Waals surface area contributed by atoms with E-state index < -0.39 is 0 Å². The first-order valence-electron chi connectivity index (χ1n) is 6.92. The molecule has 2 heterocycles. The molecular formula is C14H20N6O. The van der Waals surface area contributed by atoms with E-state index in [1.54, 1.807) is 16.9 Å². The van der Waals surface area contributed by atoms with Crippen LogP contribution in [0.5, 0.6) is 0 Å². The predicted octanol–water partition coefficient (Wildman–Crippen LogP) is 1.23. The number of hydrogen-bond donors (Lipinski definition) is 2. The van der Waals surface area contributed by atoms with Crippen LogP contribution in [0.25, 0.3) is 0 Å². The number of aryl methyl sites for hydroxylation is 1. The van der Waals surface area contributed by atoms with Gasteiger partial charge in [0.05, 0.1) is 12.2 Å². The molecule has 0 saturated carbocycles. The monoisotopic (exact) mass is 288 g/mol. The molecule has 0 spiro atoms. The molecule has 0 aliphatic rings. The van der Waals surface area contributed by atoms with Gasteiger partial charge in [-0.2, -0.15) is 0 Å². The lowest BCUT2D eigenvalue weighted by molar-refractivity contribution is 0.0938. The van der Waals surface area contributed by atoms with E-state index in [0.717, 1.165) is 11.4 Å². The van der Waals surface area contributed by atoms with Crippen LogP contribution in [0, 0.1) is 6.92 Å². The maximum absolute atomic E-state index is 11.9. The van der Waals surface area contributed by atoms with Gasteiger partial charge in [-0.25, -0.2) is 0 Å². The summed E-state index contributed by atoms with van der Waals surface area (Å²) in [4.78, 5) is 16.0.